The number of hydrogen-bond donors (Lipinski definition) is 0. The number of unbranched alkanes of at least 4 members (excludes halogenated alkanes) is 19. The molecule has 0 aromatic rings. The van der Waals surface area contributed by atoms with Gasteiger partial charge in [0, 0.05) is 13.0 Å². The summed E-state index contributed by atoms with van der Waals surface area (Å²) in [5.41, 5.74) is 0. The summed E-state index contributed by atoms with van der Waals surface area (Å²) in [6.07, 6.45) is 52.5. The average Bonchev–Trinajstić information content (AvgIpc) is 3.14. The number of allylic oxidation sites excluding steroid dienone is 9. The van der Waals surface area contributed by atoms with E-state index in [1.54, 1.807) is 0 Å². The van der Waals surface area contributed by atoms with Gasteiger partial charge in [-0.2, -0.15) is 0 Å². The Kier molecular flexibility index (Phi) is 41.0. The van der Waals surface area contributed by atoms with E-state index < -0.39 is 6.10 Å². The van der Waals surface area contributed by atoms with Crippen LogP contribution in [0.25, 0.3) is 0 Å². The molecule has 0 fully saturated rings. The standard InChI is InChI=1S/C47H82O5/c1-4-7-10-13-16-18-20-22-24-26-28-30-32-34-37-40-46(48)51-44-45(43-50-42-39-36-15-12-9-6-3)52-47(49)41-38-35-33-31-29-27-25-23-21-19-17-14-11-8-5-2/h7,10,16,18,22,24,28,30,34,37,45H,4-6,8-9,11-15,17,19-21,23,25-27,29,31-33,35-36,38-44H2,1-3H3/b10-7-,18-16-,24-22-,30-28-,37-34-. The second-order valence-corrected chi connectivity index (χ2v) is 14.2. The van der Waals surface area contributed by atoms with Crippen molar-refractivity contribution in [2.75, 3.05) is 19.8 Å². The molecule has 0 aliphatic rings. The van der Waals surface area contributed by atoms with E-state index in [-0.39, 0.29) is 31.6 Å². The molecule has 0 N–H and O–H groups in total. The van der Waals surface area contributed by atoms with Gasteiger partial charge in [-0.15, -0.1) is 0 Å². The van der Waals surface area contributed by atoms with Gasteiger partial charge in [0.15, 0.2) is 6.10 Å². The van der Waals surface area contributed by atoms with E-state index in [0.29, 0.717) is 13.0 Å². The minimum absolute atomic E-state index is 0.0324. The molecule has 0 aliphatic heterocycles. The van der Waals surface area contributed by atoms with Crippen molar-refractivity contribution < 1.29 is 23.8 Å². The highest BCUT2D eigenvalue weighted by atomic mass is 16.6. The summed E-state index contributed by atoms with van der Waals surface area (Å²) in [6, 6.07) is 0. The minimum atomic E-state index is -0.568. The molecule has 0 bridgehead atoms. The van der Waals surface area contributed by atoms with E-state index in [9.17, 15) is 9.59 Å². The molecule has 1 atom stereocenters. The van der Waals surface area contributed by atoms with Crippen molar-refractivity contribution >= 4 is 11.9 Å². The summed E-state index contributed by atoms with van der Waals surface area (Å²) in [7, 11) is 0. The fraction of sp³-hybridized carbons (Fsp3) is 0.745. The van der Waals surface area contributed by atoms with Gasteiger partial charge < -0.3 is 14.2 Å². The molecule has 0 radical (unpaired) electrons. The van der Waals surface area contributed by atoms with Crippen LogP contribution in [0.2, 0.25) is 0 Å². The largest absolute Gasteiger partial charge is 0.461 e. The first kappa shape index (κ1) is 49.6. The molecule has 0 aromatic heterocycles. The number of hydrogen-bond acceptors (Lipinski definition) is 5. The topological polar surface area (TPSA) is 61.8 Å². The molecular weight excluding hydrogens is 645 g/mol. The van der Waals surface area contributed by atoms with Crippen LogP contribution in [-0.2, 0) is 23.8 Å². The zero-order valence-electron chi connectivity index (χ0n) is 34.3. The zero-order chi connectivity index (χ0) is 37.8. The van der Waals surface area contributed by atoms with Gasteiger partial charge in [-0.3, -0.25) is 9.59 Å². The van der Waals surface area contributed by atoms with Crippen LogP contribution < -0.4 is 0 Å². The first-order valence-corrected chi connectivity index (χ1v) is 21.8. The van der Waals surface area contributed by atoms with E-state index >= 15 is 0 Å². The third-order valence-electron chi connectivity index (χ3n) is 9.10. The Morgan fingerprint density at radius 1 is 0.442 bits per heavy atom. The van der Waals surface area contributed by atoms with Crippen molar-refractivity contribution in [2.24, 2.45) is 0 Å². The maximum atomic E-state index is 12.7. The highest BCUT2D eigenvalue weighted by molar-refractivity contribution is 5.71. The lowest BCUT2D eigenvalue weighted by Crippen LogP contribution is -2.30. The molecule has 52 heavy (non-hydrogen) atoms. The van der Waals surface area contributed by atoms with E-state index in [4.69, 9.17) is 14.2 Å². The van der Waals surface area contributed by atoms with Gasteiger partial charge in [0.05, 0.1) is 13.0 Å². The monoisotopic (exact) mass is 727 g/mol. The molecule has 0 spiro atoms. The van der Waals surface area contributed by atoms with Crippen LogP contribution in [0.4, 0.5) is 0 Å². The van der Waals surface area contributed by atoms with Crippen molar-refractivity contribution in [1.29, 1.82) is 0 Å². The summed E-state index contributed by atoms with van der Waals surface area (Å²) in [5.74, 6) is -0.544. The molecule has 0 saturated heterocycles. The second-order valence-electron chi connectivity index (χ2n) is 14.2. The maximum absolute atomic E-state index is 12.7. The van der Waals surface area contributed by atoms with Crippen molar-refractivity contribution in [2.45, 2.75) is 207 Å². The number of rotatable bonds is 39. The minimum Gasteiger partial charge on any atom is -0.461 e. The molecule has 0 aliphatic carbocycles. The van der Waals surface area contributed by atoms with Crippen LogP contribution >= 0.6 is 0 Å². The Hall–Kier alpha value is -2.40. The molecule has 300 valence electrons. The van der Waals surface area contributed by atoms with Crippen LogP contribution in [0.15, 0.2) is 60.8 Å². The predicted molar refractivity (Wildman–Crippen MR) is 224 cm³/mol. The Labute approximate surface area is 322 Å². The highest BCUT2D eigenvalue weighted by Crippen LogP contribution is 2.14. The normalized spacial score (nSPS) is 12.8. The molecule has 0 amide bonds. The Bertz CT molecular complexity index is 915. The molecule has 0 heterocycles. The molecule has 5 heteroatoms. The quantitative estimate of drug-likeness (QED) is 0.0358. The van der Waals surface area contributed by atoms with Crippen LogP contribution in [-0.4, -0.2) is 37.9 Å². The van der Waals surface area contributed by atoms with E-state index in [1.807, 2.05) is 12.2 Å². The lowest BCUT2D eigenvalue weighted by atomic mass is 10.0. The molecule has 0 rings (SSSR count). The second kappa shape index (κ2) is 43.0. The van der Waals surface area contributed by atoms with E-state index in [0.717, 1.165) is 57.8 Å². The summed E-state index contributed by atoms with van der Waals surface area (Å²) in [4.78, 5) is 25.1. The van der Waals surface area contributed by atoms with Gasteiger partial charge >= 0.3 is 11.9 Å². The van der Waals surface area contributed by atoms with Gasteiger partial charge in [-0.1, -0.05) is 204 Å². The van der Waals surface area contributed by atoms with Crippen molar-refractivity contribution in [3.63, 3.8) is 0 Å². The number of ether oxygens (including phenoxy) is 3. The number of esters is 2. The van der Waals surface area contributed by atoms with Gasteiger partial charge in [-0.05, 0) is 44.9 Å². The average molecular weight is 727 g/mol. The molecular formula is C47H82O5. The Morgan fingerprint density at radius 3 is 1.31 bits per heavy atom. The third-order valence-corrected chi connectivity index (χ3v) is 9.10. The Balaban J connectivity index is 4.25. The first-order valence-electron chi connectivity index (χ1n) is 21.8. The molecule has 0 aromatic carbocycles. The van der Waals surface area contributed by atoms with Crippen molar-refractivity contribution in [3.8, 4) is 0 Å². The number of carbonyl (C=O) groups excluding carboxylic acids is 2. The first-order chi connectivity index (χ1) is 25.6. The van der Waals surface area contributed by atoms with Crippen molar-refractivity contribution in [1.82, 2.24) is 0 Å². The van der Waals surface area contributed by atoms with Gasteiger partial charge in [0.2, 0.25) is 0 Å². The van der Waals surface area contributed by atoms with Crippen LogP contribution in [0.5, 0.6) is 0 Å². The smallest absolute Gasteiger partial charge is 0.309 e. The van der Waals surface area contributed by atoms with Crippen molar-refractivity contribution in [3.05, 3.63) is 60.8 Å². The van der Waals surface area contributed by atoms with Crippen LogP contribution in [0.1, 0.15) is 201 Å². The fourth-order valence-electron chi connectivity index (χ4n) is 5.88. The lowest BCUT2D eigenvalue weighted by molar-refractivity contribution is -0.162. The van der Waals surface area contributed by atoms with Crippen LogP contribution in [0, 0.1) is 0 Å². The summed E-state index contributed by atoms with van der Waals surface area (Å²) in [5, 5.41) is 0. The third kappa shape index (κ3) is 40.4. The van der Waals surface area contributed by atoms with Crippen LogP contribution in [0.3, 0.4) is 0 Å². The maximum Gasteiger partial charge on any atom is 0.309 e. The number of carbonyl (C=O) groups is 2. The lowest BCUT2D eigenvalue weighted by Gasteiger charge is -2.18. The zero-order valence-corrected chi connectivity index (χ0v) is 34.3. The van der Waals surface area contributed by atoms with E-state index in [2.05, 4.69) is 69.4 Å². The van der Waals surface area contributed by atoms with Gasteiger partial charge in [0.1, 0.15) is 6.61 Å². The Morgan fingerprint density at radius 2 is 0.846 bits per heavy atom. The van der Waals surface area contributed by atoms with Gasteiger partial charge in [-0.25, -0.2) is 0 Å². The highest BCUT2D eigenvalue weighted by Gasteiger charge is 2.17. The van der Waals surface area contributed by atoms with E-state index in [1.165, 1.54) is 109 Å². The summed E-state index contributed by atoms with van der Waals surface area (Å²) in [6.45, 7) is 7.57. The summed E-state index contributed by atoms with van der Waals surface area (Å²) >= 11 is 0. The fourth-order valence-corrected chi connectivity index (χ4v) is 5.88. The SMILES string of the molecule is CC/C=C\C/C=C\C/C=C\C/C=C\C/C=C\CC(=O)OCC(COCCCCCCCC)OC(=O)CCCCCCCCCCCCCCCCC. The summed E-state index contributed by atoms with van der Waals surface area (Å²) < 4.78 is 17.1. The van der Waals surface area contributed by atoms with Gasteiger partial charge in [0.25, 0.3) is 0 Å². The molecule has 1 unspecified atom stereocenters. The molecule has 5 nitrogen and oxygen atoms in total. The predicted octanol–water partition coefficient (Wildman–Crippen LogP) is 14.2. The molecule has 0 saturated carbocycles.